The van der Waals surface area contributed by atoms with E-state index >= 15 is 0 Å². The molecule has 0 aromatic carbocycles. The Bertz CT molecular complexity index is 1480. The maximum absolute atomic E-state index is 12.4. The van der Waals surface area contributed by atoms with Crippen molar-refractivity contribution in [3.8, 4) is 11.6 Å². The van der Waals surface area contributed by atoms with Gasteiger partial charge in [-0.2, -0.15) is 10.1 Å². The van der Waals surface area contributed by atoms with Crippen molar-refractivity contribution in [3.05, 3.63) is 64.9 Å². The molecular weight excluding hydrogens is 452 g/mol. The number of nitrogens with zero attached hydrogens (tertiary/aromatic N) is 8. The van der Waals surface area contributed by atoms with Gasteiger partial charge in [0, 0.05) is 30.2 Å². The average molecular weight is 468 g/mol. The quantitative estimate of drug-likeness (QED) is 0.550. The monoisotopic (exact) mass is 468 g/mol. The zero-order valence-corrected chi connectivity index (χ0v) is 18.2. The van der Waals surface area contributed by atoms with Gasteiger partial charge in [-0.25, -0.2) is 9.98 Å². The highest BCUT2D eigenvalue weighted by atomic mass is 16.5. The smallest absolute Gasteiger partial charge is 0.285 e. The molecule has 0 radical (unpaired) electrons. The van der Waals surface area contributed by atoms with Crippen LogP contribution in [0.5, 0.6) is 11.6 Å². The van der Waals surface area contributed by atoms with Gasteiger partial charge in [-0.1, -0.05) is 0 Å². The molecule has 0 bridgehead atoms. The van der Waals surface area contributed by atoms with Gasteiger partial charge in [-0.15, -0.1) is 15.3 Å². The van der Waals surface area contributed by atoms with Crippen molar-refractivity contribution in [1.29, 1.82) is 0 Å². The number of amides is 1. The summed E-state index contributed by atoms with van der Waals surface area (Å²) in [5, 5.41) is 16.8. The first-order chi connectivity index (χ1) is 17.2. The Morgan fingerprint density at radius 2 is 1.80 bits per heavy atom. The lowest BCUT2D eigenvalue weighted by molar-refractivity contribution is -0.121. The van der Waals surface area contributed by atoms with E-state index in [1.54, 1.807) is 29.4 Å². The van der Waals surface area contributed by atoms with Crippen molar-refractivity contribution < 1.29 is 19.0 Å². The number of carbonyl (C=O) groups excluding carboxylic acids is 1. The molecule has 0 unspecified atom stereocenters. The minimum atomic E-state index is -0.425. The standard InChI is InChI=1S/C23H16N8O4/c32-18-11-35-20-19(14-2-1-5-25-28-14)27-21(15-8-13-4-7-34-23(13)30-29-15)31(22(20)26-18)17-9-12-3-6-33-16(12)10-24-17/h1-2,5,8-10H,3-4,6-7,11H2. The summed E-state index contributed by atoms with van der Waals surface area (Å²) in [7, 11) is 0. The molecule has 12 nitrogen and oxygen atoms in total. The van der Waals surface area contributed by atoms with Gasteiger partial charge in [0.15, 0.2) is 24.0 Å². The van der Waals surface area contributed by atoms with E-state index < -0.39 is 5.91 Å². The first-order valence-electron chi connectivity index (χ1n) is 11.0. The summed E-state index contributed by atoms with van der Waals surface area (Å²) in [6, 6.07) is 7.28. The lowest BCUT2D eigenvalue weighted by Crippen LogP contribution is -2.45. The van der Waals surface area contributed by atoms with E-state index in [0.717, 1.165) is 23.3 Å². The Balaban J connectivity index is 1.47. The molecule has 1 amide bonds. The SMILES string of the molecule is O=C1COC2=C(c3cccnn3)N=C(c3cc4c(nn3)OCC4)N(c3cc4c(cn3)OCC4)C2=N1. The van der Waals surface area contributed by atoms with Crippen LogP contribution in [0.15, 0.2) is 52.4 Å². The average Bonchev–Trinajstić information content (AvgIpc) is 3.56. The van der Waals surface area contributed by atoms with Gasteiger partial charge in [-0.3, -0.25) is 9.69 Å². The minimum Gasteiger partial charge on any atom is -0.491 e. The number of aromatic nitrogens is 5. The molecular formula is C23H16N8O4. The number of hydrogen-bond acceptors (Lipinski definition) is 11. The van der Waals surface area contributed by atoms with Crippen LogP contribution in [0, 0.1) is 0 Å². The Kier molecular flexibility index (Phi) is 4.31. The highest BCUT2D eigenvalue weighted by molar-refractivity contribution is 6.34. The van der Waals surface area contributed by atoms with Crippen LogP contribution in [-0.4, -0.2) is 62.8 Å². The Morgan fingerprint density at radius 1 is 0.886 bits per heavy atom. The van der Waals surface area contributed by atoms with E-state index in [1.165, 1.54) is 0 Å². The van der Waals surface area contributed by atoms with Crippen molar-refractivity contribution in [3.63, 3.8) is 0 Å². The van der Waals surface area contributed by atoms with E-state index in [4.69, 9.17) is 19.2 Å². The molecule has 0 spiro atoms. The number of hydrogen-bond donors (Lipinski definition) is 0. The molecule has 7 rings (SSSR count). The number of ether oxygens (including phenoxy) is 3. The van der Waals surface area contributed by atoms with E-state index in [0.29, 0.717) is 60.0 Å². The molecule has 0 aliphatic carbocycles. The zero-order chi connectivity index (χ0) is 23.4. The normalized spacial score (nSPS) is 18.1. The van der Waals surface area contributed by atoms with Gasteiger partial charge in [0.05, 0.1) is 19.4 Å². The molecule has 0 saturated carbocycles. The fraction of sp³-hybridized carbons (Fsp3) is 0.217. The van der Waals surface area contributed by atoms with E-state index in [2.05, 4.69) is 30.4 Å². The number of amidine groups is 2. The first kappa shape index (κ1) is 19.7. The summed E-state index contributed by atoms with van der Waals surface area (Å²) < 4.78 is 17.0. The summed E-state index contributed by atoms with van der Waals surface area (Å²) in [5.74, 6) is 2.24. The molecule has 0 N–H and O–H groups in total. The Morgan fingerprint density at radius 3 is 2.71 bits per heavy atom. The molecule has 4 aliphatic heterocycles. The van der Waals surface area contributed by atoms with Crippen LogP contribution in [0.2, 0.25) is 0 Å². The third-order valence-electron chi connectivity index (χ3n) is 5.91. The van der Waals surface area contributed by atoms with Gasteiger partial charge in [-0.05, 0) is 24.3 Å². The predicted molar refractivity (Wildman–Crippen MR) is 121 cm³/mol. The number of carbonyl (C=O) groups is 1. The maximum atomic E-state index is 12.4. The molecule has 4 aliphatic rings. The number of rotatable bonds is 3. The second kappa shape index (κ2) is 7.65. The van der Waals surface area contributed by atoms with E-state index in [9.17, 15) is 4.79 Å². The number of pyridine rings is 1. The highest BCUT2D eigenvalue weighted by Crippen LogP contribution is 2.35. The fourth-order valence-corrected chi connectivity index (χ4v) is 4.30. The van der Waals surface area contributed by atoms with Gasteiger partial charge < -0.3 is 14.2 Å². The lowest BCUT2D eigenvalue weighted by Gasteiger charge is -2.32. The van der Waals surface area contributed by atoms with Gasteiger partial charge in [0.2, 0.25) is 5.88 Å². The molecule has 35 heavy (non-hydrogen) atoms. The second-order valence-corrected chi connectivity index (χ2v) is 8.08. The van der Waals surface area contributed by atoms with Gasteiger partial charge in [0.1, 0.15) is 28.7 Å². The summed E-state index contributed by atoms with van der Waals surface area (Å²) in [6.45, 7) is 0.922. The Hall–Kier alpha value is -4.74. The van der Waals surface area contributed by atoms with Crippen LogP contribution in [-0.2, 0) is 22.4 Å². The Labute approximate surface area is 198 Å². The molecule has 3 aromatic heterocycles. The largest absolute Gasteiger partial charge is 0.491 e. The van der Waals surface area contributed by atoms with Crippen LogP contribution in [0.1, 0.15) is 22.5 Å². The molecule has 7 heterocycles. The van der Waals surface area contributed by atoms with Crippen molar-refractivity contribution >= 4 is 29.1 Å². The topological polar surface area (TPSA) is 137 Å². The third-order valence-corrected chi connectivity index (χ3v) is 5.91. The summed E-state index contributed by atoms with van der Waals surface area (Å²) in [5.41, 5.74) is 3.24. The van der Waals surface area contributed by atoms with Crippen molar-refractivity contribution in [2.45, 2.75) is 12.8 Å². The first-order valence-corrected chi connectivity index (χ1v) is 11.0. The van der Waals surface area contributed by atoms with Crippen LogP contribution < -0.4 is 14.4 Å². The summed E-state index contributed by atoms with van der Waals surface area (Å²) in [6.07, 6.45) is 4.68. The van der Waals surface area contributed by atoms with E-state index in [1.807, 2.05) is 12.1 Å². The van der Waals surface area contributed by atoms with Crippen LogP contribution in [0.25, 0.3) is 5.70 Å². The summed E-state index contributed by atoms with van der Waals surface area (Å²) in [4.78, 5) is 27.9. The third kappa shape index (κ3) is 3.21. The molecule has 172 valence electrons. The lowest BCUT2D eigenvalue weighted by atomic mass is 10.1. The molecule has 0 saturated heterocycles. The van der Waals surface area contributed by atoms with Crippen molar-refractivity contribution in [1.82, 2.24) is 25.4 Å². The second-order valence-electron chi connectivity index (χ2n) is 8.08. The molecule has 0 atom stereocenters. The minimum absolute atomic E-state index is 0.206. The number of aliphatic imine (C=N–C) groups is 2. The number of fused-ring (bicyclic) bond motifs is 3. The van der Waals surface area contributed by atoms with E-state index in [-0.39, 0.29) is 12.4 Å². The fourth-order valence-electron chi connectivity index (χ4n) is 4.30. The number of anilines is 1. The van der Waals surface area contributed by atoms with Crippen LogP contribution in [0.3, 0.4) is 0 Å². The molecule has 3 aromatic rings. The van der Waals surface area contributed by atoms with Crippen LogP contribution >= 0.6 is 0 Å². The van der Waals surface area contributed by atoms with Crippen LogP contribution in [0.4, 0.5) is 5.82 Å². The zero-order valence-electron chi connectivity index (χ0n) is 18.2. The highest BCUT2D eigenvalue weighted by Gasteiger charge is 2.38. The summed E-state index contributed by atoms with van der Waals surface area (Å²) >= 11 is 0. The molecule has 0 fully saturated rings. The van der Waals surface area contributed by atoms with Crippen molar-refractivity contribution in [2.75, 3.05) is 24.7 Å². The maximum Gasteiger partial charge on any atom is 0.285 e. The predicted octanol–water partition coefficient (Wildman–Crippen LogP) is 1.12. The molecule has 12 heteroatoms. The van der Waals surface area contributed by atoms with Crippen molar-refractivity contribution in [2.24, 2.45) is 9.98 Å². The van der Waals surface area contributed by atoms with Gasteiger partial charge >= 0.3 is 0 Å². The van der Waals surface area contributed by atoms with Gasteiger partial charge in [0.25, 0.3) is 5.91 Å².